The van der Waals surface area contributed by atoms with Gasteiger partial charge in [-0.15, -0.1) is 6.42 Å². The molecule has 0 heterocycles. The van der Waals surface area contributed by atoms with Crippen LogP contribution in [-0.4, -0.2) is 42.3 Å². The zero-order chi connectivity index (χ0) is 9.56. The van der Waals surface area contributed by atoms with E-state index in [0.717, 1.165) is 12.0 Å². The number of aliphatic carboxylic acids is 1. The second kappa shape index (κ2) is 5.02. The van der Waals surface area contributed by atoms with Gasteiger partial charge in [0, 0.05) is 0 Å². The van der Waals surface area contributed by atoms with E-state index in [-0.39, 0.29) is 6.54 Å². The zero-order valence-electron chi connectivity index (χ0n) is 6.61. The summed E-state index contributed by atoms with van der Waals surface area (Å²) in [6.07, 6.45) is 4.16. The summed E-state index contributed by atoms with van der Waals surface area (Å²) in [6.45, 7) is -0.518. The molecule has 5 nitrogen and oxygen atoms in total. The minimum Gasteiger partial charge on any atom is -0.480 e. The Bertz CT molecular complexity index is 218. The average molecular weight is 171 g/mol. The summed E-state index contributed by atoms with van der Waals surface area (Å²) in [5.74, 6) is 1.02. The minimum absolute atomic E-state index is 0.0705. The topological polar surface area (TPSA) is 66.8 Å². The van der Waals surface area contributed by atoms with E-state index >= 15 is 0 Å². The Morgan fingerprint density at radius 1 is 1.67 bits per heavy atom. The number of amides is 1. The molecule has 0 saturated heterocycles. The van der Waals surface area contributed by atoms with Crippen LogP contribution in [0.3, 0.4) is 0 Å². The van der Waals surface area contributed by atoms with E-state index in [2.05, 4.69) is 10.7 Å². The Kier molecular flexibility index (Phi) is 4.31. The van der Waals surface area contributed by atoms with Crippen molar-refractivity contribution in [1.29, 1.82) is 0 Å². The van der Waals surface area contributed by atoms with E-state index in [1.165, 1.54) is 0 Å². The van der Waals surface area contributed by atoms with Crippen molar-refractivity contribution < 1.29 is 19.4 Å². The molecule has 0 saturated carbocycles. The van der Waals surface area contributed by atoms with Crippen LogP contribution >= 0.6 is 0 Å². The van der Waals surface area contributed by atoms with Crippen molar-refractivity contribution in [3.8, 4) is 12.3 Å². The molecule has 0 atom stereocenters. The van der Waals surface area contributed by atoms with Gasteiger partial charge in [0.25, 0.3) is 0 Å². The molecule has 0 aliphatic carbocycles. The maximum absolute atomic E-state index is 10.8. The SMILES string of the molecule is C#CCN(CC(=O)O)C(=O)OC. The number of hydrogen-bond acceptors (Lipinski definition) is 3. The van der Waals surface area contributed by atoms with Crippen LogP contribution in [0.1, 0.15) is 0 Å². The van der Waals surface area contributed by atoms with Gasteiger partial charge < -0.3 is 9.84 Å². The Labute approximate surface area is 69.9 Å². The molecule has 0 fully saturated rings. The fourth-order valence-electron chi connectivity index (χ4n) is 0.588. The molecule has 0 radical (unpaired) electrons. The van der Waals surface area contributed by atoms with Crippen molar-refractivity contribution in [3.05, 3.63) is 0 Å². The predicted octanol–water partition coefficient (Wildman–Crippen LogP) is -0.227. The highest BCUT2D eigenvalue weighted by Crippen LogP contribution is 1.91. The Balaban J connectivity index is 4.14. The van der Waals surface area contributed by atoms with Gasteiger partial charge in [-0.3, -0.25) is 9.69 Å². The molecular formula is C7H9NO4. The highest BCUT2D eigenvalue weighted by Gasteiger charge is 2.15. The van der Waals surface area contributed by atoms with Gasteiger partial charge in [-0.1, -0.05) is 5.92 Å². The van der Waals surface area contributed by atoms with Crippen molar-refractivity contribution in [3.63, 3.8) is 0 Å². The maximum Gasteiger partial charge on any atom is 0.410 e. The molecule has 0 aromatic heterocycles. The number of hydrogen-bond donors (Lipinski definition) is 1. The first-order valence-electron chi connectivity index (χ1n) is 3.10. The average Bonchev–Trinajstić information content (AvgIpc) is 2.01. The Hall–Kier alpha value is -1.70. The van der Waals surface area contributed by atoms with Crippen molar-refractivity contribution >= 4 is 12.1 Å². The monoisotopic (exact) mass is 171 g/mol. The van der Waals surface area contributed by atoms with E-state index in [9.17, 15) is 9.59 Å². The standard InChI is InChI=1S/C7H9NO4/c1-3-4-8(5-6(9)10)7(11)12-2/h1H,4-5H2,2H3,(H,9,10). The summed E-state index contributed by atoms with van der Waals surface area (Å²) in [6, 6.07) is 0. The Morgan fingerprint density at radius 3 is 2.58 bits per heavy atom. The third-order valence-electron chi connectivity index (χ3n) is 1.04. The maximum atomic E-state index is 10.8. The van der Waals surface area contributed by atoms with Gasteiger partial charge in [-0.2, -0.15) is 0 Å². The second-order valence-corrected chi connectivity index (χ2v) is 1.92. The fourth-order valence-corrected chi connectivity index (χ4v) is 0.588. The van der Waals surface area contributed by atoms with Crippen molar-refractivity contribution in [2.24, 2.45) is 0 Å². The quantitative estimate of drug-likeness (QED) is 0.596. The predicted molar refractivity (Wildman–Crippen MR) is 40.4 cm³/mol. The molecule has 1 N–H and O–H groups in total. The van der Waals surface area contributed by atoms with Gasteiger partial charge in [-0.05, 0) is 0 Å². The van der Waals surface area contributed by atoms with E-state index in [1.54, 1.807) is 0 Å². The molecule has 66 valence electrons. The lowest BCUT2D eigenvalue weighted by molar-refractivity contribution is -0.137. The number of methoxy groups -OCH3 is 1. The molecule has 5 heteroatoms. The highest BCUT2D eigenvalue weighted by molar-refractivity contribution is 5.76. The largest absolute Gasteiger partial charge is 0.480 e. The normalized spacial score (nSPS) is 8.33. The molecule has 1 amide bonds. The number of carbonyl (C=O) groups is 2. The summed E-state index contributed by atoms with van der Waals surface area (Å²) < 4.78 is 4.29. The lowest BCUT2D eigenvalue weighted by atomic mass is 10.5. The number of carboxylic acid groups (broad SMARTS) is 1. The number of ether oxygens (including phenoxy) is 1. The van der Waals surface area contributed by atoms with Gasteiger partial charge in [0.1, 0.15) is 6.54 Å². The number of rotatable bonds is 3. The number of nitrogens with zero attached hydrogens (tertiary/aromatic N) is 1. The lowest BCUT2D eigenvalue weighted by Gasteiger charge is -2.15. The first kappa shape index (κ1) is 10.3. The summed E-state index contributed by atoms with van der Waals surface area (Å²) >= 11 is 0. The molecule has 0 aliphatic heterocycles. The third kappa shape index (κ3) is 3.46. The zero-order valence-corrected chi connectivity index (χ0v) is 6.61. The van der Waals surface area contributed by atoms with Crippen LogP contribution in [-0.2, 0) is 9.53 Å². The molecule has 0 aliphatic rings. The number of carboxylic acids is 1. The summed E-state index contributed by atoms with van der Waals surface area (Å²) in [7, 11) is 1.16. The van der Waals surface area contributed by atoms with Crippen LogP contribution in [0.2, 0.25) is 0 Å². The van der Waals surface area contributed by atoms with E-state index in [4.69, 9.17) is 11.5 Å². The minimum atomic E-state index is -1.13. The molecule has 0 aromatic carbocycles. The first-order chi connectivity index (χ1) is 5.61. The molecule has 0 spiro atoms. The molecular weight excluding hydrogens is 162 g/mol. The number of carbonyl (C=O) groups excluding carboxylic acids is 1. The molecule has 0 bridgehead atoms. The van der Waals surface area contributed by atoms with Gasteiger partial charge in [0.05, 0.1) is 13.7 Å². The number of terminal acetylenes is 1. The van der Waals surface area contributed by atoms with Gasteiger partial charge in [-0.25, -0.2) is 4.79 Å². The van der Waals surface area contributed by atoms with Gasteiger partial charge in [0.15, 0.2) is 0 Å². The van der Waals surface area contributed by atoms with Crippen LogP contribution in [0.25, 0.3) is 0 Å². The molecule has 12 heavy (non-hydrogen) atoms. The third-order valence-corrected chi connectivity index (χ3v) is 1.04. The fraction of sp³-hybridized carbons (Fsp3) is 0.429. The lowest BCUT2D eigenvalue weighted by Crippen LogP contribution is -2.35. The Morgan fingerprint density at radius 2 is 2.25 bits per heavy atom. The van der Waals surface area contributed by atoms with Crippen molar-refractivity contribution in [2.75, 3.05) is 20.2 Å². The van der Waals surface area contributed by atoms with E-state index in [1.807, 2.05) is 0 Å². The molecule has 0 unspecified atom stereocenters. The highest BCUT2D eigenvalue weighted by atomic mass is 16.5. The summed E-state index contributed by atoms with van der Waals surface area (Å²) in [5, 5.41) is 8.34. The van der Waals surface area contributed by atoms with Crippen molar-refractivity contribution in [2.45, 2.75) is 0 Å². The van der Waals surface area contributed by atoms with E-state index in [0.29, 0.717) is 0 Å². The van der Waals surface area contributed by atoms with Gasteiger partial charge >= 0.3 is 12.1 Å². The van der Waals surface area contributed by atoms with Crippen LogP contribution in [0.4, 0.5) is 4.79 Å². The summed E-state index contributed by atoms with van der Waals surface area (Å²) in [4.78, 5) is 21.9. The first-order valence-corrected chi connectivity index (χ1v) is 3.10. The van der Waals surface area contributed by atoms with Crippen LogP contribution in [0, 0.1) is 12.3 Å². The van der Waals surface area contributed by atoms with Crippen LogP contribution in [0.15, 0.2) is 0 Å². The second-order valence-electron chi connectivity index (χ2n) is 1.92. The summed E-state index contributed by atoms with van der Waals surface area (Å²) in [5.41, 5.74) is 0. The van der Waals surface area contributed by atoms with Crippen molar-refractivity contribution in [1.82, 2.24) is 4.90 Å². The molecule has 0 rings (SSSR count). The van der Waals surface area contributed by atoms with Gasteiger partial charge in [0.2, 0.25) is 0 Å². The van der Waals surface area contributed by atoms with E-state index < -0.39 is 18.6 Å². The molecule has 0 aromatic rings. The van der Waals surface area contributed by atoms with Crippen LogP contribution < -0.4 is 0 Å². The van der Waals surface area contributed by atoms with Crippen LogP contribution in [0.5, 0.6) is 0 Å². The smallest absolute Gasteiger partial charge is 0.410 e.